The Morgan fingerprint density at radius 1 is 1.53 bits per heavy atom. The molecule has 0 atom stereocenters. The number of hydrogen-bond donors (Lipinski definition) is 3. The van der Waals surface area contributed by atoms with Crippen LogP contribution in [0.2, 0.25) is 0 Å². The van der Waals surface area contributed by atoms with Gasteiger partial charge in [0.15, 0.2) is 5.11 Å². The van der Waals surface area contributed by atoms with Gasteiger partial charge in [-0.3, -0.25) is 5.43 Å². The maximum atomic E-state index is 9.18. The van der Waals surface area contributed by atoms with Crippen molar-refractivity contribution in [3.05, 3.63) is 35.9 Å². The van der Waals surface area contributed by atoms with E-state index in [4.69, 9.17) is 5.73 Å². The number of nitrogens with two attached hydrogens (primary N) is 1. The molecule has 0 aliphatic rings. The van der Waals surface area contributed by atoms with Crippen molar-refractivity contribution in [2.75, 3.05) is 0 Å². The molecule has 0 saturated heterocycles. The molecule has 78 valence electrons. The standard InChI is InChI=1S/C10H11N3OS/c11-10(15)13-12-6-2-4-8-3-1-5-9(14)7-8/h1-7,14H,(H3,11,13,15)/b4-2+,12-6?. The Balaban J connectivity index is 2.51. The molecule has 0 aliphatic carbocycles. The maximum absolute atomic E-state index is 9.18. The number of benzene rings is 1. The third-order valence-corrected chi connectivity index (χ3v) is 1.59. The monoisotopic (exact) mass is 221 g/mol. The van der Waals surface area contributed by atoms with Gasteiger partial charge >= 0.3 is 0 Å². The summed E-state index contributed by atoms with van der Waals surface area (Å²) < 4.78 is 0. The highest BCUT2D eigenvalue weighted by molar-refractivity contribution is 7.80. The van der Waals surface area contributed by atoms with Gasteiger partial charge in [-0.1, -0.05) is 18.2 Å². The summed E-state index contributed by atoms with van der Waals surface area (Å²) in [6.07, 6.45) is 5.02. The van der Waals surface area contributed by atoms with E-state index in [2.05, 4.69) is 22.7 Å². The fourth-order valence-electron chi connectivity index (χ4n) is 0.927. The number of nitrogens with one attached hydrogen (secondary N) is 1. The summed E-state index contributed by atoms with van der Waals surface area (Å²) in [4.78, 5) is 0. The molecule has 4 N–H and O–H groups in total. The lowest BCUT2D eigenvalue weighted by Gasteiger charge is -1.93. The largest absolute Gasteiger partial charge is 0.508 e. The lowest BCUT2D eigenvalue weighted by molar-refractivity contribution is 0.475. The summed E-state index contributed by atoms with van der Waals surface area (Å²) in [7, 11) is 0. The predicted octanol–water partition coefficient (Wildman–Crippen LogP) is 1.22. The second-order valence-corrected chi connectivity index (χ2v) is 3.15. The number of hydrogen-bond acceptors (Lipinski definition) is 3. The molecule has 0 unspecified atom stereocenters. The van der Waals surface area contributed by atoms with Crippen molar-refractivity contribution in [2.24, 2.45) is 10.8 Å². The Kier molecular flexibility index (Phi) is 4.30. The van der Waals surface area contributed by atoms with Crippen LogP contribution < -0.4 is 11.2 Å². The zero-order chi connectivity index (χ0) is 11.1. The fraction of sp³-hybridized carbons (Fsp3) is 0. The van der Waals surface area contributed by atoms with E-state index in [0.717, 1.165) is 5.56 Å². The third kappa shape index (κ3) is 4.78. The first-order chi connectivity index (χ1) is 7.18. The average molecular weight is 221 g/mol. The molecule has 0 aliphatic heterocycles. The molecule has 1 rings (SSSR count). The van der Waals surface area contributed by atoms with Crippen LogP contribution in [-0.2, 0) is 0 Å². The molecule has 0 spiro atoms. The van der Waals surface area contributed by atoms with Gasteiger partial charge in [-0.05, 0) is 36.0 Å². The highest BCUT2D eigenvalue weighted by Gasteiger charge is 1.87. The van der Waals surface area contributed by atoms with E-state index >= 15 is 0 Å². The van der Waals surface area contributed by atoms with E-state index in [1.54, 1.807) is 30.4 Å². The van der Waals surface area contributed by atoms with Crippen LogP contribution in [0, 0.1) is 0 Å². The first kappa shape index (κ1) is 11.2. The van der Waals surface area contributed by atoms with Crippen molar-refractivity contribution < 1.29 is 5.11 Å². The highest BCUT2D eigenvalue weighted by Crippen LogP contribution is 2.11. The van der Waals surface area contributed by atoms with Crippen molar-refractivity contribution in [1.82, 2.24) is 5.43 Å². The Hall–Kier alpha value is -1.88. The molecule has 1 aromatic carbocycles. The molecule has 1 aromatic rings. The van der Waals surface area contributed by atoms with Gasteiger partial charge in [-0.2, -0.15) is 5.10 Å². The van der Waals surface area contributed by atoms with Gasteiger partial charge in [0.05, 0.1) is 0 Å². The molecule has 15 heavy (non-hydrogen) atoms. The topological polar surface area (TPSA) is 70.6 Å². The van der Waals surface area contributed by atoms with Gasteiger partial charge in [-0.25, -0.2) is 0 Å². The van der Waals surface area contributed by atoms with Crippen LogP contribution in [0.5, 0.6) is 5.75 Å². The molecule has 0 saturated carbocycles. The van der Waals surface area contributed by atoms with Crippen molar-refractivity contribution in [1.29, 1.82) is 0 Å². The highest BCUT2D eigenvalue weighted by atomic mass is 32.1. The van der Waals surface area contributed by atoms with Crippen molar-refractivity contribution in [3.63, 3.8) is 0 Å². The van der Waals surface area contributed by atoms with Crippen molar-refractivity contribution >= 4 is 29.6 Å². The number of phenolic OH excluding ortho intramolecular Hbond substituents is 1. The maximum Gasteiger partial charge on any atom is 0.184 e. The van der Waals surface area contributed by atoms with Crippen molar-refractivity contribution in [2.45, 2.75) is 0 Å². The molecule has 0 radical (unpaired) electrons. The molecule has 4 nitrogen and oxygen atoms in total. The molecular formula is C10H11N3OS. The second kappa shape index (κ2) is 5.77. The quantitative estimate of drug-likeness (QED) is 0.408. The lowest BCUT2D eigenvalue weighted by atomic mass is 10.2. The van der Waals surface area contributed by atoms with Crippen LogP contribution in [0.4, 0.5) is 0 Å². The van der Waals surface area contributed by atoms with Gasteiger partial charge in [0.25, 0.3) is 0 Å². The zero-order valence-electron chi connectivity index (χ0n) is 7.92. The summed E-state index contributed by atoms with van der Waals surface area (Å²) >= 11 is 4.55. The second-order valence-electron chi connectivity index (χ2n) is 2.71. The Labute approximate surface area is 93.1 Å². The van der Waals surface area contributed by atoms with E-state index in [9.17, 15) is 5.11 Å². The van der Waals surface area contributed by atoms with Crippen LogP contribution in [-0.4, -0.2) is 16.4 Å². The molecule has 5 heteroatoms. The number of nitrogens with zero attached hydrogens (tertiary/aromatic N) is 1. The number of hydrazone groups is 1. The van der Waals surface area contributed by atoms with E-state index < -0.39 is 0 Å². The summed E-state index contributed by atoms with van der Waals surface area (Å²) in [5.41, 5.74) is 8.46. The number of allylic oxidation sites excluding steroid dienone is 1. The van der Waals surface area contributed by atoms with Crippen LogP contribution >= 0.6 is 12.2 Å². The molecule has 0 bridgehead atoms. The van der Waals surface area contributed by atoms with E-state index in [1.807, 2.05) is 6.07 Å². The SMILES string of the molecule is NC(=S)NN=C/C=C/c1cccc(O)c1. The number of aromatic hydroxyl groups is 1. The van der Waals surface area contributed by atoms with Gasteiger partial charge in [0, 0.05) is 6.21 Å². The summed E-state index contributed by atoms with van der Waals surface area (Å²) in [5, 5.41) is 13.0. The van der Waals surface area contributed by atoms with E-state index in [1.165, 1.54) is 6.21 Å². The first-order valence-corrected chi connectivity index (χ1v) is 4.63. The molecule has 0 heterocycles. The van der Waals surface area contributed by atoms with Crippen LogP contribution in [0.1, 0.15) is 5.56 Å². The summed E-state index contributed by atoms with van der Waals surface area (Å²) in [6, 6.07) is 6.88. The van der Waals surface area contributed by atoms with Crippen LogP contribution in [0.25, 0.3) is 6.08 Å². The number of rotatable bonds is 3. The predicted molar refractivity (Wildman–Crippen MR) is 65.6 cm³/mol. The van der Waals surface area contributed by atoms with Gasteiger partial charge in [0.1, 0.15) is 5.75 Å². The van der Waals surface area contributed by atoms with Crippen LogP contribution in [0.3, 0.4) is 0 Å². The lowest BCUT2D eigenvalue weighted by Crippen LogP contribution is -2.23. The molecule has 0 aromatic heterocycles. The Morgan fingerprint density at radius 2 is 2.33 bits per heavy atom. The Morgan fingerprint density at radius 3 is 3.00 bits per heavy atom. The zero-order valence-corrected chi connectivity index (χ0v) is 8.74. The summed E-state index contributed by atoms with van der Waals surface area (Å²) in [5.74, 6) is 0.232. The smallest absolute Gasteiger partial charge is 0.184 e. The minimum atomic E-state index is 0.122. The normalized spacial score (nSPS) is 10.9. The first-order valence-electron chi connectivity index (χ1n) is 4.22. The minimum Gasteiger partial charge on any atom is -0.508 e. The van der Waals surface area contributed by atoms with Crippen LogP contribution in [0.15, 0.2) is 35.4 Å². The minimum absolute atomic E-state index is 0.122. The molecular weight excluding hydrogens is 210 g/mol. The molecule has 0 fully saturated rings. The van der Waals surface area contributed by atoms with Gasteiger partial charge < -0.3 is 10.8 Å². The van der Waals surface area contributed by atoms with Gasteiger partial charge in [-0.15, -0.1) is 0 Å². The summed E-state index contributed by atoms with van der Waals surface area (Å²) in [6.45, 7) is 0. The van der Waals surface area contributed by atoms with E-state index in [-0.39, 0.29) is 10.9 Å². The number of thiocarbonyl (C=S) groups is 1. The third-order valence-electron chi connectivity index (χ3n) is 1.49. The Bertz CT molecular complexity index is 401. The van der Waals surface area contributed by atoms with Crippen molar-refractivity contribution in [3.8, 4) is 5.75 Å². The molecule has 0 amide bonds. The average Bonchev–Trinajstić information content (AvgIpc) is 2.17. The fourth-order valence-corrected chi connectivity index (χ4v) is 0.979. The van der Waals surface area contributed by atoms with E-state index in [0.29, 0.717) is 0 Å². The van der Waals surface area contributed by atoms with Gasteiger partial charge in [0.2, 0.25) is 0 Å². The number of phenols is 1.